The van der Waals surface area contributed by atoms with E-state index in [1.807, 2.05) is 12.2 Å². The molecule has 0 heterocycles. The minimum Gasteiger partial charge on any atom is -0.103 e. The lowest BCUT2D eigenvalue weighted by Crippen LogP contribution is -2.19. The molecule has 0 aliphatic carbocycles. The second-order valence-corrected chi connectivity index (χ2v) is 7.93. The molecule has 0 spiro atoms. The van der Waals surface area contributed by atoms with E-state index in [2.05, 4.69) is 67.7 Å². The van der Waals surface area contributed by atoms with Crippen molar-refractivity contribution in [3.63, 3.8) is 0 Å². The standard InChI is InChI=1S/C22H34/c1-10-12-17-19(15(3)4)14-20(22(7,8)9)18(13-11-2)21(17)16(5)6/h10-11,14-16H,1-2,12-13H2,3-9H3. The fraction of sp³-hybridized carbons (Fsp3) is 0.545. The SMILES string of the molecule is C=CCc1c(C(C)C)cc(C(C)(C)C)c(CC=C)c1C(C)C. The van der Waals surface area contributed by atoms with Crippen LogP contribution in [0.3, 0.4) is 0 Å². The van der Waals surface area contributed by atoms with Crippen LogP contribution in [0.15, 0.2) is 31.4 Å². The molecule has 0 aliphatic heterocycles. The van der Waals surface area contributed by atoms with E-state index in [-0.39, 0.29) is 5.41 Å². The van der Waals surface area contributed by atoms with Crippen LogP contribution >= 0.6 is 0 Å². The number of benzene rings is 1. The van der Waals surface area contributed by atoms with Crippen LogP contribution < -0.4 is 0 Å². The average Bonchev–Trinajstić information content (AvgIpc) is 2.37. The third kappa shape index (κ3) is 3.91. The monoisotopic (exact) mass is 298 g/mol. The van der Waals surface area contributed by atoms with Crippen LogP contribution in [-0.4, -0.2) is 0 Å². The van der Waals surface area contributed by atoms with Crippen molar-refractivity contribution < 1.29 is 0 Å². The summed E-state index contributed by atoms with van der Waals surface area (Å²) < 4.78 is 0. The maximum atomic E-state index is 3.99. The van der Waals surface area contributed by atoms with Crippen molar-refractivity contribution >= 4 is 0 Å². The van der Waals surface area contributed by atoms with Gasteiger partial charge in [-0.05, 0) is 57.9 Å². The second-order valence-electron chi connectivity index (χ2n) is 7.93. The molecule has 0 unspecified atom stereocenters. The third-order valence-electron chi connectivity index (χ3n) is 4.33. The van der Waals surface area contributed by atoms with Crippen molar-refractivity contribution in [1.29, 1.82) is 0 Å². The quantitative estimate of drug-likeness (QED) is 0.513. The molecule has 0 aliphatic rings. The van der Waals surface area contributed by atoms with Gasteiger partial charge in [-0.1, -0.05) is 66.7 Å². The van der Waals surface area contributed by atoms with Crippen molar-refractivity contribution in [3.05, 3.63) is 59.2 Å². The number of rotatable bonds is 6. The zero-order valence-electron chi connectivity index (χ0n) is 15.7. The van der Waals surface area contributed by atoms with Gasteiger partial charge < -0.3 is 0 Å². The zero-order valence-corrected chi connectivity index (χ0v) is 15.7. The van der Waals surface area contributed by atoms with Gasteiger partial charge in [0.25, 0.3) is 0 Å². The summed E-state index contributed by atoms with van der Waals surface area (Å²) in [7, 11) is 0. The first kappa shape index (κ1) is 18.7. The molecule has 1 rings (SSSR count). The Hall–Kier alpha value is -1.30. The fourth-order valence-electron chi connectivity index (χ4n) is 3.43. The molecule has 0 saturated carbocycles. The summed E-state index contributed by atoms with van der Waals surface area (Å²) in [4.78, 5) is 0. The molecule has 0 nitrogen and oxygen atoms in total. The minimum atomic E-state index is 0.151. The summed E-state index contributed by atoms with van der Waals surface area (Å²) in [6.45, 7) is 24.1. The Labute approximate surface area is 138 Å². The highest BCUT2D eigenvalue weighted by Crippen LogP contribution is 2.38. The van der Waals surface area contributed by atoms with E-state index >= 15 is 0 Å². The molecule has 0 N–H and O–H groups in total. The van der Waals surface area contributed by atoms with Crippen LogP contribution in [0.2, 0.25) is 0 Å². The van der Waals surface area contributed by atoms with Crippen molar-refractivity contribution in [3.8, 4) is 0 Å². The van der Waals surface area contributed by atoms with E-state index in [0.717, 1.165) is 12.8 Å². The van der Waals surface area contributed by atoms with Gasteiger partial charge in [-0.2, -0.15) is 0 Å². The van der Waals surface area contributed by atoms with Crippen molar-refractivity contribution in [2.45, 2.75) is 78.6 Å². The Morgan fingerprint density at radius 3 is 1.77 bits per heavy atom. The third-order valence-corrected chi connectivity index (χ3v) is 4.33. The topological polar surface area (TPSA) is 0 Å². The van der Waals surface area contributed by atoms with E-state index in [9.17, 15) is 0 Å². The Balaban J connectivity index is 3.88. The van der Waals surface area contributed by atoms with Crippen LogP contribution in [0.1, 0.15) is 88.1 Å². The van der Waals surface area contributed by atoms with Crippen molar-refractivity contribution in [2.24, 2.45) is 0 Å². The van der Waals surface area contributed by atoms with Crippen molar-refractivity contribution in [2.75, 3.05) is 0 Å². The van der Waals surface area contributed by atoms with Gasteiger partial charge in [0.05, 0.1) is 0 Å². The molecule has 0 heteroatoms. The lowest BCUT2D eigenvalue weighted by molar-refractivity contribution is 0.578. The fourth-order valence-corrected chi connectivity index (χ4v) is 3.43. The Morgan fingerprint density at radius 1 is 0.909 bits per heavy atom. The largest absolute Gasteiger partial charge is 0.103 e. The number of allylic oxidation sites excluding steroid dienone is 2. The predicted molar refractivity (Wildman–Crippen MR) is 101 cm³/mol. The zero-order chi connectivity index (χ0) is 17.1. The first-order valence-corrected chi connectivity index (χ1v) is 8.55. The normalized spacial score (nSPS) is 12.0. The van der Waals surface area contributed by atoms with E-state index in [1.54, 1.807) is 0 Å². The summed E-state index contributed by atoms with van der Waals surface area (Å²) in [6, 6.07) is 2.45. The molecule has 0 atom stereocenters. The first-order valence-electron chi connectivity index (χ1n) is 8.55. The van der Waals surface area contributed by atoms with Gasteiger partial charge >= 0.3 is 0 Å². The minimum absolute atomic E-state index is 0.151. The first-order chi connectivity index (χ1) is 10.1. The van der Waals surface area contributed by atoms with Crippen LogP contribution in [0.5, 0.6) is 0 Å². The van der Waals surface area contributed by atoms with E-state index < -0.39 is 0 Å². The molecule has 0 amide bonds. The lowest BCUT2D eigenvalue weighted by atomic mass is 9.74. The molecule has 0 aromatic heterocycles. The maximum Gasteiger partial charge on any atom is -0.00942 e. The highest BCUT2D eigenvalue weighted by Gasteiger charge is 2.25. The van der Waals surface area contributed by atoms with Gasteiger partial charge in [-0.15, -0.1) is 13.2 Å². The summed E-state index contributed by atoms with van der Waals surface area (Å²) >= 11 is 0. The molecule has 122 valence electrons. The van der Waals surface area contributed by atoms with Gasteiger partial charge in [0.15, 0.2) is 0 Å². The lowest BCUT2D eigenvalue weighted by Gasteiger charge is -2.31. The van der Waals surface area contributed by atoms with Crippen LogP contribution in [0.25, 0.3) is 0 Å². The van der Waals surface area contributed by atoms with Gasteiger partial charge in [0.2, 0.25) is 0 Å². The van der Waals surface area contributed by atoms with Gasteiger partial charge in [0, 0.05) is 0 Å². The van der Waals surface area contributed by atoms with Crippen LogP contribution in [-0.2, 0) is 18.3 Å². The number of hydrogen-bond donors (Lipinski definition) is 0. The van der Waals surface area contributed by atoms with Crippen LogP contribution in [0, 0.1) is 0 Å². The van der Waals surface area contributed by atoms with Gasteiger partial charge in [-0.25, -0.2) is 0 Å². The van der Waals surface area contributed by atoms with Gasteiger partial charge in [-0.3, -0.25) is 0 Å². The molecule has 0 bridgehead atoms. The van der Waals surface area contributed by atoms with E-state index in [1.165, 1.54) is 27.8 Å². The summed E-state index contributed by atoms with van der Waals surface area (Å²) in [5.74, 6) is 1.05. The molecule has 0 radical (unpaired) electrons. The molecule has 1 aromatic carbocycles. The summed E-state index contributed by atoms with van der Waals surface area (Å²) in [5.41, 5.74) is 7.62. The molecule has 22 heavy (non-hydrogen) atoms. The molecular weight excluding hydrogens is 264 g/mol. The molecule has 0 fully saturated rings. The molecule has 1 aromatic rings. The second kappa shape index (κ2) is 7.31. The Bertz CT molecular complexity index is 536. The average molecular weight is 299 g/mol. The van der Waals surface area contributed by atoms with E-state index in [4.69, 9.17) is 0 Å². The Morgan fingerprint density at radius 2 is 1.41 bits per heavy atom. The highest BCUT2D eigenvalue weighted by atomic mass is 14.3. The molecular formula is C22H34. The highest BCUT2D eigenvalue weighted by molar-refractivity contribution is 5.52. The summed E-state index contributed by atoms with van der Waals surface area (Å²) in [6.07, 6.45) is 5.99. The van der Waals surface area contributed by atoms with E-state index in [0.29, 0.717) is 11.8 Å². The predicted octanol–water partition coefficient (Wildman–Crippen LogP) is 6.69. The summed E-state index contributed by atoms with van der Waals surface area (Å²) in [5, 5.41) is 0. The Kier molecular flexibility index (Phi) is 6.23. The molecule has 0 saturated heterocycles. The smallest absolute Gasteiger partial charge is 0.00942 e. The number of hydrogen-bond acceptors (Lipinski definition) is 0. The van der Waals surface area contributed by atoms with Crippen LogP contribution in [0.4, 0.5) is 0 Å². The van der Waals surface area contributed by atoms with Gasteiger partial charge in [0.1, 0.15) is 0 Å². The maximum absolute atomic E-state index is 3.99. The van der Waals surface area contributed by atoms with Crippen molar-refractivity contribution in [1.82, 2.24) is 0 Å².